The van der Waals surface area contributed by atoms with Crippen LogP contribution in [0, 0.1) is 5.92 Å². The minimum absolute atomic E-state index is 0.284. The van der Waals surface area contributed by atoms with Crippen LogP contribution < -0.4 is 5.73 Å². The number of hydrogen-bond acceptors (Lipinski definition) is 6. The van der Waals surface area contributed by atoms with Crippen LogP contribution in [0.1, 0.15) is 34.1 Å². The van der Waals surface area contributed by atoms with E-state index in [1.807, 2.05) is 13.8 Å². The number of nitrogens with two attached hydrogens (primary N) is 1. The molecule has 0 spiro atoms. The number of imidazole rings is 1. The number of nitrogen functional groups attached to an aromatic ring is 1. The van der Waals surface area contributed by atoms with E-state index in [0.29, 0.717) is 30.1 Å². The van der Waals surface area contributed by atoms with Gasteiger partial charge in [-0.2, -0.15) is 0 Å². The summed E-state index contributed by atoms with van der Waals surface area (Å²) < 4.78 is 29.6. The maximum Gasteiger partial charge on any atom is 0.167 e. The van der Waals surface area contributed by atoms with Gasteiger partial charge in [0.1, 0.15) is 18.0 Å². The quantitative estimate of drug-likeness (QED) is 0.757. The highest BCUT2D eigenvalue weighted by Crippen LogP contribution is 2.42. The molecule has 7 nitrogen and oxygen atoms in total. The largest absolute Gasteiger partial charge is 0.382 e. The van der Waals surface area contributed by atoms with Crippen molar-refractivity contribution in [1.29, 1.82) is 0 Å². The molecule has 0 bridgehead atoms. The van der Waals surface area contributed by atoms with Crippen LogP contribution >= 0.6 is 0 Å². The molecule has 0 amide bonds. The summed E-state index contributed by atoms with van der Waals surface area (Å²) >= 11 is 0. The fourth-order valence-electron chi connectivity index (χ4n) is 3.46. The van der Waals surface area contributed by atoms with Gasteiger partial charge < -0.3 is 15.2 Å². The number of halogens is 1. The second-order valence-corrected chi connectivity index (χ2v) is 11.6. The van der Waals surface area contributed by atoms with Gasteiger partial charge in [0.2, 0.25) is 0 Å². The van der Waals surface area contributed by atoms with Gasteiger partial charge in [-0.15, -0.1) is 0 Å². The van der Waals surface area contributed by atoms with Crippen molar-refractivity contribution in [3.63, 3.8) is 0 Å². The van der Waals surface area contributed by atoms with Crippen molar-refractivity contribution in [1.82, 2.24) is 19.5 Å². The van der Waals surface area contributed by atoms with Crippen molar-refractivity contribution in [2.45, 2.75) is 70.4 Å². The topological polar surface area (TPSA) is 88.1 Å². The Hall–Kier alpha value is -1.58. The SMILES string of the molecule is CC(C)C(C)(C)OC[C@@H]1C[C@H](F)[C@](n2cnc3c(N)ncnc32)([SiH](C)C)O1. The summed E-state index contributed by atoms with van der Waals surface area (Å²) in [4.78, 5) is 12.6. The van der Waals surface area contributed by atoms with E-state index in [4.69, 9.17) is 15.2 Å². The molecular formula is C18H30FN5O2Si. The standard InChI is InChI=1S/C18H30FN5O2Si/c1-11(2)17(3,4)25-8-12-7-13(19)18(26-12,27(5)6)24-10-23-14-15(20)21-9-22-16(14)24/h9-13,27H,7-8H2,1-6H3,(H2,20,21,22)/t12-,13-,18+/m0/s1. The van der Waals surface area contributed by atoms with Crippen molar-refractivity contribution in [2.24, 2.45) is 5.92 Å². The summed E-state index contributed by atoms with van der Waals surface area (Å²) in [6.07, 6.45) is 1.77. The van der Waals surface area contributed by atoms with E-state index >= 15 is 4.39 Å². The van der Waals surface area contributed by atoms with Gasteiger partial charge in [0, 0.05) is 6.42 Å². The van der Waals surface area contributed by atoms with Gasteiger partial charge in [-0.1, -0.05) is 26.9 Å². The van der Waals surface area contributed by atoms with E-state index in [2.05, 4.69) is 41.9 Å². The number of nitrogens with zero attached hydrogens (tertiary/aromatic N) is 4. The van der Waals surface area contributed by atoms with Crippen molar-refractivity contribution in [2.75, 3.05) is 12.3 Å². The Labute approximate surface area is 161 Å². The van der Waals surface area contributed by atoms with E-state index in [0.717, 1.165) is 0 Å². The third-order valence-electron chi connectivity index (χ3n) is 5.87. The molecule has 1 fully saturated rings. The molecule has 9 heteroatoms. The first-order valence-corrected chi connectivity index (χ1v) is 12.4. The number of alkyl halides is 1. The molecule has 3 atom stereocenters. The molecule has 150 valence electrons. The van der Waals surface area contributed by atoms with E-state index in [1.54, 1.807) is 10.9 Å². The van der Waals surface area contributed by atoms with Gasteiger partial charge in [0.05, 0.1) is 33.4 Å². The van der Waals surface area contributed by atoms with Gasteiger partial charge in [-0.3, -0.25) is 4.57 Å². The number of aromatic nitrogens is 4. The normalized spacial score (nSPS) is 26.6. The first-order valence-electron chi connectivity index (χ1n) is 9.49. The molecule has 0 unspecified atom stereocenters. The van der Waals surface area contributed by atoms with Gasteiger partial charge in [0.15, 0.2) is 16.8 Å². The van der Waals surface area contributed by atoms with Crippen molar-refractivity contribution < 1.29 is 13.9 Å². The molecule has 3 heterocycles. The summed E-state index contributed by atoms with van der Waals surface area (Å²) in [7, 11) is -1.69. The highest BCUT2D eigenvalue weighted by atomic mass is 28.3. The Kier molecular flexibility index (Phi) is 5.30. The Bertz CT molecular complexity index is 812. The zero-order valence-corrected chi connectivity index (χ0v) is 18.1. The van der Waals surface area contributed by atoms with Gasteiger partial charge in [-0.05, 0) is 19.8 Å². The van der Waals surface area contributed by atoms with Gasteiger partial charge in [0.25, 0.3) is 0 Å². The third-order valence-corrected chi connectivity index (χ3v) is 8.30. The average molecular weight is 396 g/mol. The number of fused-ring (bicyclic) bond motifs is 1. The highest BCUT2D eigenvalue weighted by molar-refractivity contribution is 6.58. The first-order chi connectivity index (χ1) is 12.6. The van der Waals surface area contributed by atoms with Gasteiger partial charge in [-0.25, -0.2) is 19.3 Å². The Morgan fingerprint density at radius 3 is 2.74 bits per heavy atom. The predicted molar refractivity (Wildman–Crippen MR) is 106 cm³/mol. The van der Waals surface area contributed by atoms with Crippen LogP contribution in [0.3, 0.4) is 0 Å². The fourth-order valence-corrected chi connectivity index (χ4v) is 5.53. The lowest BCUT2D eigenvalue weighted by molar-refractivity contribution is -0.122. The summed E-state index contributed by atoms with van der Waals surface area (Å²) in [5.74, 6) is 0.632. The van der Waals surface area contributed by atoms with E-state index in [9.17, 15) is 0 Å². The Morgan fingerprint density at radius 2 is 2.11 bits per heavy atom. The Balaban J connectivity index is 1.92. The molecular weight excluding hydrogens is 365 g/mol. The van der Waals surface area contributed by atoms with Crippen LogP contribution in [0.25, 0.3) is 11.2 Å². The molecule has 0 aliphatic carbocycles. The van der Waals surface area contributed by atoms with Crippen LogP contribution in [0.5, 0.6) is 0 Å². The molecule has 3 rings (SSSR count). The molecule has 1 aliphatic heterocycles. The van der Waals surface area contributed by atoms with Crippen LogP contribution in [0.4, 0.5) is 10.2 Å². The monoisotopic (exact) mass is 395 g/mol. The van der Waals surface area contributed by atoms with Crippen LogP contribution in [-0.4, -0.2) is 52.8 Å². The molecule has 1 saturated heterocycles. The molecule has 2 aromatic rings. The molecule has 27 heavy (non-hydrogen) atoms. The number of anilines is 1. The van der Waals surface area contributed by atoms with Crippen LogP contribution in [0.15, 0.2) is 12.7 Å². The maximum atomic E-state index is 15.4. The van der Waals surface area contributed by atoms with Crippen molar-refractivity contribution in [3.8, 4) is 0 Å². The lowest BCUT2D eigenvalue weighted by Gasteiger charge is -2.36. The number of rotatable bonds is 6. The third kappa shape index (κ3) is 3.36. The lowest BCUT2D eigenvalue weighted by Crippen LogP contribution is -2.51. The van der Waals surface area contributed by atoms with Crippen molar-refractivity contribution in [3.05, 3.63) is 12.7 Å². The summed E-state index contributed by atoms with van der Waals surface area (Å²) in [5, 5.41) is -1.06. The second-order valence-electron chi connectivity index (χ2n) is 8.46. The molecule has 2 N–H and O–H groups in total. The predicted octanol–water partition coefficient (Wildman–Crippen LogP) is 2.67. The zero-order chi connectivity index (χ0) is 20.0. The molecule has 1 aliphatic rings. The minimum atomic E-state index is -1.69. The zero-order valence-electron chi connectivity index (χ0n) is 16.9. The van der Waals surface area contributed by atoms with Crippen molar-refractivity contribution >= 4 is 25.8 Å². The summed E-state index contributed by atoms with van der Waals surface area (Å²) in [6, 6.07) is 0. The molecule has 0 saturated carbocycles. The second kappa shape index (κ2) is 7.10. The van der Waals surface area contributed by atoms with E-state index in [1.165, 1.54) is 6.33 Å². The average Bonchev–Trinajstić information content (AvgIpc) is 3.15. The summed E-state index contributed by atoms with van der Waals surface area (Å²) in [6.45, 7) is 12.8. The van der Waals surface area contributed by atoms with Gasteiger partial charge >= 0.3 is 0 Å². The number of ether oxygens (including phenoxy) is 2. The smallest absolute Gasteiger partial charge is 0.167 e. The van der Waals surface area contributed by atoms with E-state index < -0.39 is 20.3 Å². The Morgan fingerprint density at radius 1 is 1.41 bits per heavy atom. The molecule has 2 aromatic heterocycles. The summed E-state index contributed by atoms with van der Waals surface area (Å²) in [5.41, 5.74) is 6.60. The van der Waals surface area contributed by atoms with Crippen LogP contribution in [-0.2, 0) is 14.8 Å². The first kappa shape index (κ1) is 20.2. The van der Waals surface area contributed by atoms with E-state index in [-0.39, 0.29) is 17.5 Å². The fraction of sp³-hybridized carbons (Fsp3) is 0.722. The number of hydrogen-bond donors (Lipinski definition) is 1. The molecule has 0 aromatic carbocycles. The minimum Gasteiger partial charge on any atom is -0.382 e. The lowest BCUT2D eigenvalue weighted by atomic mass is 9.94. The highest BCUT2D eigenvalue weighted by Gasteiger charge is 2.54. The maximum absolute atomic E-state index is 15.4. The van der Waals surface area contributed by atoms with Crippen LogP contribution in [0.2, 0.25) is 13.1 Å². The molecule has 0 radical (unpaired) electrons.